The first kappa shape index (κ1) is 13.3. The normalized spacial score (nSPS) is 9.47. The lowest BCUT2D eigenvalue weighted by Crippen LogP contribution is -2.05. The molecule has 2 heterocycles. The lowest BCUT2D eigenvalue weighted by Gasteiger charge is -2.04. The van der Waals surface area contributed by atoms with Crippen LogP contribution < -0.4 is 5.32 Å². The largest absolute Gasteiger partial charge is 0.367 e. The number of aromatic nitrogens is 3. The van der Waals surface area contributed by atoms with Crippen molar-refractivity contribution in [2.24, 2.45) is 0 Å². The highest BCUT2D eigenvalue weighted by molar-refractivity contribution is 5.85. The first-order chi connectivity index (χ1) is 7.90. The van der Waals surface area contributed by atoms with Gasteiger partial charge in [-0.1, -0.05) is 0 Å². The summed E-state index contributed by atoms with van der Waals surface area (Å²) in [5.41, 5.74) is 0.888. The molecular weight excluding hydrogens is 243 g/mol. The Morgan fingerprint density at radius 3 is 2.59 bits per heavy atom. The van der Waals surface area contributed by atoms with Crippen LogP contribution in [0.5, 0.6) is 0 Å². The molecule has 1 N–H and O–H groups in total. The minimum absolute atomic E-state index is 0. The smallest absolute Gasteiger partial charge is 0.161 e. The number of halogens is 2. The Morgan fingerprint density at radius 1 is 1.12 bits per heavy atom. The van der Waals surface area contributed by atoms with Gasteiger partial charge in [-0.15, -0.1) is 12.4 Å². The molecule has 0 saturated heterocycles. The Balaban J connectivity index is 0.00000144. The fourth-order valence-electron chi connectivity index (χ4n) is 1.27. The number of pyridine rings is 1. The number of nitrogens with one attached hydrogen (secondary N) is 1. The van der Waals surface area contributed by atoms with Gasteiger partial charge >= 0.3 is 0 Å². The van der Waals surface area contributed by atoms with Crippen molar-refractivity contribution in [1.29, 1.82) is 0 Å². The van der Waals surface area contributed by atoms with Crippen LogP contribution in [0.25, 0.3) is 11.4 Å². The summed E-state index contributed by atoms with van der Waals surface area (Å²) >= 11 is 0. The third kappa shape index (κ3) is 3.64. The lowest BCUT2D eigenvalue weighted by atomic mass is 10.2. The van der Waals surface area contributed by atoms with E-state index in [0.29, 0.717) is 11.6 Å². The van der Waals surface area contributed by atoms with E-state index in [2.05, 4.69) is 20.3 Å². The van der Waals surface area contributed by atoms with Gasteiger partial charge in [-0.05, 0) is 18.2 Å². The monoisotopic (exact) mass is 254 g/mol. The Labute approximate surface area is 105 Å². The second-order valence-corrected chi connectivity index (χ2v) is 3.12. The van der Waals surface area contributed by atoms with E-state index in [1.165, 1.54) is 0 Å². The highest BCUT2D eigenvalue weighted by Crippen LogP contribution is 2.14. The summed E-state index contributed by atoms with van der Waals surface area (Å²) in [6, 6.07) is 5.36. The van der Waals surface area contributed by atoms with Crippen molar-refractivity contribution in [3.63, 3.8) is 0 Å². The number of hydrogen-bond acceptors (Lipinski definition) is 4. The van der Waals surface area contributed by atoms with E-state index in [0.717, 1.165) is 5.56 Å². The summed E-state index contributed by atoms with van der Waals surface area (Å²) in [5.74, 6) is 1.23. The van der Waals surface area contributed by atoms with Crippen molar-refractivity contribution >= 4 is 18.2 Å². The van der Waals surface area contributed by atoms with Crippen LogP contribution in [0.2, 0.25) is 0 Å². The van der Waals surface area contributed by atoms with Gasteiger partial charge in [0.2, 0.25) is 0 Å². The van der Waals surface area contributed by atoms with Crippen molar-refractivity contribution in [2.75, 3.05) is 18.5 Å². The molecule has 0 bridgehead atoms. The molecule has 90 valence electrons. The number of nitrogens with zero attached hydrogens (tertiary/aromatic N) is 3. The SMILES string of the molecule is Cl.FCCNc1ccnc(-c2ccncc2)n1. The molecule has 0 fully saturated rings. The van der Waals surface area contributed by atoms with E-state index in [4.69, 9.17) is 0 Å². The molecule has 2 aromatic heterocycles. The van der Waals surface area contributed by atoms with Crippen molar-refractivity contribution in [3.8, 4) is 11.4 Å². The average molecular weight is 255 g/mol. The minimum Gasteiger partial charge on any atom is -0.367 e. The van der Waals surface area contributed by atoms with Gasteiger partial charge in [0.25, 0.3) is 0 Å². The molecule has 0 atom stereocenters. The molecule has 0 aliphatic rings. The molecule has 2 aromatic rings. The van der Waals surface area contributed by atoms with Crippen molar-refractivity contribution in [1.82, 2.24) is 15.0 Å². The lowest BCUT2D eigenvalue weighted by molar-refractivity contribution is 0.512. The number of hydrogen-bond donors (Lipinski definition) is 1. The van der Waals surface area contributed by atoms with Gasteiger partial charge in [-0.3, -0.25) is 4.98 Å². The zero-order chi connectivity index (χ0) is 11.2. The Hall–Kier alpha value is -1.75. The van der Waals surface area contributed by atoms with Crippen molar-refractivity contribution < 1.29 is 4.39 Å². The maximum atomic E-state index is 12.0. The van der Waals surface area contributed by atoms with E-state index < -0.39 is 6.67 Å². The van der Waals surface area contributed by atoms with Crippen LogP contribution in [-0.2, 0) is 0 Å². The molecule has 17 heavy (non-hydrogen) atoms. The van der Waals surface area contributed by atoms with Crippen LogP contribution in [0.4, 0.5) is 10.2 Å². The van der Waals surface area contributed by atoms with Crippen LogP contribution >= 0.6 is 12.4 Å². The first-order valence-corrected chi connectivity index (χ1v) is 4.93. The van der Waals surface area contributed by atoms with Crippen LogP contribution in [0.1, 0.15) is 0 Å². The fourth-order valence-corrected chi connectivity index (χ4v) is 1.27. The summed E-state index contributed by atoms with van der Waals surface area (Å²) in [4.78, 5) is 12.3. The molecule has 0 aromatic carbocycles. The summed E-state index contributed by atoms with van der Waals surface area (Å²) in [6.07, 6.45) is 5.00. The Bertz CT molecular complexity index is 452. The van der Waals surface area contributed by atoms with Crippen LogP contribution in [0.3, 0.4) is 0 Å². The van der Waals surface area contributed by atoms with E-state index >= 15 is 0 Å². The van der Waals surface area contributed by atoms with Crippen LogP contribution in [0.15, 0.2) is 36.8 Å². The van der Waals surface area contributed by atoms with Crippen molar-refractivity contribution in [3.05, 3.63) is 36.8 Å². The third-order valence-corrected chi connectivity index (χ3v) is 1.99. The fraction of sp³-hybridized carbons (Fsp3) is 0.182. The van der Waals surface area contributed by atoms with Gasteiger partial charge in [0.05, 0.1) is 0 Å². The second kappa shape index (κ2) is 6.75. The Kier molecular flexibility index (Phi) is 5.29. The quantitative estimate of drug-likeness (QED) is 0.910. The van der Waals surface area contributed by atoms with Crippen LogP contribution in [-0.4, -0.2) is 28.2 Å². The van der Waals surface area contributed by atoms with E-state index in [9.17, 15) is 4.39 Å². The zero-order valence-electron chi connectivity index (χ0n) is 9.01. The van der Waals surface area contributed by atoms with Gasteiger partial charge in [0.1, 0.15) is 12.5 Å². The van der Waals surface area contributed by atoms with Crippen molar-refractivity contribution in [2.45, 2.75) is 0 Å². The standard InChI is InChI=1S/C11H11FN4.ClH/c12-4-8-14-10-3-7-15-11(16-10)9-1-5-13-6-2-9;/h1-3,5-7H,4,8H2,(H,14,15,16);1H. The second-order valence-electron chi connectivity index (χ2n) is 3.12. The number of rotatable bonds is 4. The Morgan fingerprint density at radius 2 is 1.88 bits per heavy atom. The van der Waals surface area contributed by atoms with Gasteiger partial charge in [0.15, 0.2) is 5.82 Å². The van der Waals surface area contributed by atoms with E-state index in [1.54, 1.807) is 24.7 Å². The molecule has 6 heteroatoms. The molecule has 0 spiro atoms. The molecule has 0 amide bonds. The molecule has 0 aliphatic heterocycles. The highest BCUT2D eigenvalue weighted by Gasteiger charge is 2.01. The molecule has 4 nitrogen and oxygen atoms in total. The molecule has 0 radical (unpaired) electrons. The molecule has 0 aliphatic carbocycles. The predicted molar refractivity (Wildman–Crippen MR) is 67.0 cm³/mol. The van der Waals surface area contributed by atoms with E-state index in [1.807, 2.05) is 12.1 Å². The van der Waals surface area contributed by atoms with Gasteiger partial charge in [0, 0.05) is 30.7 Å². The third-order valence-electron chi connectivity index (χ3n) is 1.99. The summed E-state index contributed by atoms with van der Waals surface area (Å²) in [7, 11) is 0. The average Bonchev–Trinajstić information content (AvgIpc) is 2.38. The molecule has 0 unspecified atom stereocenters. The first-order valence-electron chi connectivity index (χ1n) is 4.93. The van der Waals surface area contributed by atoms with Gasteiger partial charge in [-0.2, -0.15) is 0 Å². The highest BCUT2D eigenvalue weighted by atomic mass is 35.5. The number of alkyl halides is 1. The summed E-state index contributed by atoms with van der Waals surface area (Å²) in [6.45, 7) is -0.165. The molecule has 2 rings (SSSR count). The zero-order valence-corrected chi connectivity index (χ0v) is 9.82. The summed E-state index contributed by atoms with van der Waals surface area (Å²) in [5, 5.41) is 2.86. The predicted octanol–water partition coefficient (Wildman–Crippen LogP) is 2.34. The van der Waals surface area contributed by atoms with Gasteiger partial charge in [-0.25, -0.2) is 14.4 Å². The maximum Gasteiger partial charge on any atom is 0.161 e. The molecular formula is C11H12ClFN4. The maximum absolute atomic E-state index is 12.0. The minimum atomic E-state index is -0.422. The van der Waals surface area contributed by atoms with E-state index in [-0.39, 0.29) is 19.0 Å². The summed E-state index contributed by atoms with van der Waals surface area (Å²) < 4.78 is 12.0. The molecule has 0 saturated carbocycles. The topological polar surface area (TPSA) is 50.7 Å². The van der Waals surface area contributed by atoms with Crippen LogP contribution in [0, 0.1) is 0 Å². The number of anilines is 1. The van der Waals surface area contributed by atoms with Gasteiger partial charge < -0.3 is 5.32 Å².